The number of nitrogens with one attached hydrogen (secondary N) is 1. The van der Waals surface area contributed by atoms with Crippen molar-refractivity contribution in [1.82, 2.24) is 4.98 Å². The molecular weight excluding hydrogens is 320 g/mol. The first-order valence-corrected chi connectivity index (χ1v) is 7.23. The number of hydrogen-bond donors (Lipinski definition) is 2. The molecule has 0 bridgehead atoms. The van der Waals surface area contributed by atoms with Crippen molar-refractivity contribution in [2.24, 2.45) is 0 Å². The van der Waals surface area contributed by atoms with Gasteiger partial charge in [0.1, 0.15) is 5.52 Å². The van der Waals surface area contributed by atoms with E-state index < -0.39 is 5.82 Å². The Bertz CT molecular complexity index is 780. The molecule has 0 aliphatic carbocycles. The van der Waals surface area contributed by atoms with Crippen molar-refractivity contribution in [2.75, 3.05) is 11.1 Å². The van der Waals surface area contributed by atoms with Crippen molar-refractivity contribution in [1.29, 1.82) is 0 Å². The molecule has 3 N–H and O–H groups in total. The number of halogens is 3. The second-order valence-electron chi connectivity index (χ2n) is 4.10. The Hall–Kier alpha value is -1.56. The molecule has 20 heavy (non-hydrogen) atoms. The van der Waals surface area contributed by atoms with E-state index in [-0.39, 0.29) is 10.0 Å². The van der Waals surface area contributed by atoms with E-state index in [1.54, 1.807) is 5.51 Å². The van der Waals surface area contributed by atoms with E-state index in [9.17, 15) is 4.39 Å². The van der Waals surface area contributed by atoms with Crippen LogP contribution < -0.4 is 11.1 Å². The summed E-state index contributed by atoms with van der Waals surface area (Å²) in [5.74, 6) is -0.637. The molecule has 0 atom stereocenters. The highest BCUT2D eigenvalue weighted by atomic mass is 35.5. The number of fused-ring (bicyclic) bond motifs is 1. The number of rotatable bonds is 2. The number of nitrogen functional groups attached to an aromatic ring is 1. The fourth-order valence-corrected chi connectivity index (χ4v) is 3.02. The SMILES string of the molecule is Nc1c(Nc2cc(Cl)c(F)c(Cl)c2)ccc2scnc12. The molecule has 0 aliphatic rings. The minimum atomic E-state index is -0.637. The molecular formula is C13H8Cl2FN3S. The zero-order valence-corrected chi connectivity index (χ0v) is 12.3. The molecule has 102 valence electrons. The average Bonchev–Trinajstić information content (AvgIpc) is 2.88. The lowest BCUT2D eigenvalue weighted by Crippen LogP contribution is -1.97. The molecule has 7 heteroatoms. The fourth-order valence-electron chi connectivity index (χ4n) is 1.84. The van der Waals surface area contributed by atoms with E-state index in [4.69, 9.17) is 28.9 Å². The van der Waals surface area contributed by atoms with Gasteiger partial charge in [-0.2, -0.15) is 0 Å². The van der Waals surface area contributed by atoms with Crippen molar-refractivity contribution in [3.63, 3.8) is 0 Å². The first-order chi connectivity index (χ1) is 9.56. The number of thiazole rings is 1. The van der Waals surface area contributed by atoms with Crippen LogP contribution in [0.1, 0.15) is 0 Å². The lowest BCUT2D eigenvalue weighted by Gasteiger charge is -2.11. The van der Waals surface area contributed by atoms with E-state index in [1.807, 2.05) is 12.1 Å². The lowest BCUT2D eigenvalue weighted by atomic mass is 10.2. The summed E-state index contributed by atoms with van der Waals surface area (Å²) in [6.45, 7) is 0. The molecule has 0 saturated carbocycles. The molecule has 1 aromatic heterocycles. The number of hydrogen-bond acceptors (Lipinski definition) is 4. The second-order valence-corrected chi connectivity index (χ2v) is 5.81. The number of benzene rings is 2. The summed E-state index contributed by atoms with van der Waals surface area (Å²) >= 11 is 13.0. The Kier molecular flexibility index (Phi) is 3.41. The van der Waals surface area contributed by atoms with E-state index in [0.717, 1.165) is 10.2 Å². The Morgan fingerprint density at radius 1 is 1.20 bits per heavy atom. The molecule has 0 radical (unpaired) electrons. The second kappa shape index (κ2) is 5.09. The number of anilines is 3. The number of nitrogens with zero attached hydrogens (tertiary/aromatic N) is 1. The minimum Gasteiger partial charge on any atom is -0.395 e. The summed E-state index contributed by atoms with van der Waals surface area (Å²) in [4.78, 5) is 4.21. The van der Waals surface area contributed by atoms with Crippen LogP contribution in [0, 0.1) is 5.82 Å². The van der Waals surface area contributed by atoms with Crippen LogP contribution >= 0.6 is 34.5 Å². The van der Waals surface area contributed by atoms with Crippen LogP contribution in [0.4, 0.5) is 21.5 Å². The minimum absolute atomic E-state index is 0.0479. The standard InChI is InChI=1S/C13H8Cl2FN3S/c14-7-3-6(4-8(15)11(7)16)19-9-1-2-10-13(12(9)17)18-5-20-10/h1-5,19H,17H2. The van der Waals surface area contributed by atoms with Gasteiger partial charge in [-0.05, 0) is 24.3 Å². The predicted molar refractivity (Wildman–Crippen MR) is 83.7 cm³/mol. The van der Waals surface area contributed by atoms with Gasteiger partial charge < -0.3 is 11.1 Å². The number of nitrogens with two attached hydrogens (primary N) is 1. The highest BCUT2D eigenvalue weighted by Gasteiger charge is 2.10. The van der Waals surface area contributed by atoms with Crippen LogP contribution in [-0.4, -0.2) is 4.98 Å². The zero-order valence-electron chi connectivity index (χ0n) is 9.95. The molecule has 1 heterocycles. The first kappa shape index (κ1) is 13.4. The maximum Gasteiger partial charge on any atom is 0.160 e. The fraction of sp³-hybridized carbons (Fsp3) is 0. The Morgan fingerprint density at radius 3 is 2.60 bits per heavy atom. The Morgan fingerprint density at radius 2 is 1.90 bits per heavy atom. The van der Waals surface area contributed by atoms with Gasteiger partial charge in [0, 0.05) is 5.69 Å². The zero-order chi connectivity index (χ0) is 14.3. The molecule has 3 rings (SSSR count). The van der Waals surface area contributed by atoms with Crippen molar-refractivity contribution >= 4 is 61.8 Å². The largest absolute Gasteiger partial charge is 0.395 e. The molecule has 3 nitrogen and oxygen atoms in total. The number of aromatic nitrogens is 1. The summed E-state index contributed by atoms with van der Waals surface area (Å²) in [6, 6.07) is 6.65. The predicted octanol–water partition coefficient (Wildman–Crippen LogP) is 5.07. The van der Waals surface area contributed by atoms with Crippen molar-refractivity contribution in [3.8, 4) is 0 Å². The third kappa shape index (κ3) is 2.28. The first-order valence-electron chi connectivity index (χ1n) is 5.59. The molecule has 2 aromatic carbocycles. The van der Waals surface area contributed by atoms with Crippen LogP contribution in [0.15, 0.2) is 29.8 Å². The molecule has 0 unspecified atom stereocenters. The summed E-state index contributed by atoms with van der Waals surface area (Å²) in [5, 5.41) is 2.97. The smallest absolute Gasteiger partial charge is 0.160 e. The van der Waals surface area contributed by atoms with Gasteiger partial charge in [-0.25, -0.2) is 9.37 Å². The highest BCUT2D eigenvalue weighted by Crippen LogP contribution is 2.34. The summed E-state index contributed by atoms with van der Waals surface area (Å²) in [5.41, 5.74) is 10.3. The molecule has 0 amide bonds. The third-order valence-corrected chi connectivity index (χ3v) is 4.15. The average molecular weight is 328 g/mol. The summed E-state index contributed by atoms with van der Waals surface area (Å²) in [7, 11) is 0. The van der Waals surface area contributed by atoms with Crippen LogP contribution in [0.3, 0.4) is 0 Å². The molecule has 3 aromatic rings. The highest BCUT2D eigenvalue weighted by molar-refractivity contribution is 7.16. The summed E-state index contributed by atoms with van der Waals surface area (Å²) in [6.07, 6.45) is 0. The van der Waals surface area contributed by atoms with E-state index in [1.165, 1.54) is 23.5 Å². The van der Waals surface area contributed by atoms with Gasteiger partial charge in [0.2, 0.25) is 0 Å². The lowest BCUT2D eigenvalue weighted by molar-refractivity contribution is 0.629. The van der Waals surface area contributed by atoms with Gasteiger partial charge in [0.25, 0.3) is 0 Å². The van der Waals surface area contributed by atoms with Gasteiger partial charge in [-0.3, -0.25) is 0 Å². The van der Waals surface area contributed by atoms with E-state index in [0.29, 0.717) is 17.1 Å². The van der Waals surface area contributed by atoms with Crippen LogP contribution in [-0.2, 0) is 0 Å². The molecule has 0 aliphatic heterocycles. The monoisotopic (exact) mass is 327 g/mol. The summed E-state index contributed by atoms with van der Waals surface area (Å²) < 4.78 is 14.4. The maximum atomic E-state index is 13.4. The topological polar surface area (TPSA) is 50.9 Å². The normalized spacial score (nSPS) is 10.9. The Balaban J connectivity index is 2.03. The van der Waals surface area contributed by atoms with Crippen LogP contribution in [0.2, 0.25) is 10.0 Å². The van der Waals surface area contributed by atoms with Gasteiger partial charge in [0.15, 0.2) is 5.82 Å². The molecule has 0 spiro atoms. The van der Waals surface area contributed by atoms with E-state index >= 15 is 0 Å². The quantitative estimate of drug-likeness (QED) is 0.510. The maximum absolute atomic E-state index is 13.4. The molecule has 0 fully saturated rings. The van der Waals surface area contributed by atoms with Crippen molar-refractivity contribution in [3.05, 3.63) is 45.6 Å². The molecule has 0 saturated heterocycles. The van der Waals surface area contributed by atoms with Gasteiger partial charge >= 0.3 is 0 Å². The van der Waals surface area contributed by atoms with Gasteiger partial charge in [0.05, 0.1) is 31.6 Å². The van der Waals surface area contributed by atoms with E-state index in [2.05, 4.69) is 10.3 Å². The third-order valence-electron chi connectivity index (χ3n) is 2.80. The van der Waals surface area contributed by atoms with Gasteiger partial charge in [-0.15, -0.1) is 11.3 Å². The Labute approximate surface area is 128 Å². The van der Waals surface area contributed by atoms with Crippen LogP contribution in [0.5, 0.6) is 0 Å². The van der Waals surface area contributed by atoms with Crippen LogP contribution in [0.25, 0.3) is 10.2 Å². The van der Waals surface area contributed by atoms with Crippen molar-refractivity contribution in [2.45, 2.75) is 0 Å². The van der Waals surface area contributed by atoms with Gasteiger partial charge in [-0.1, -0.05) is 23.2 Å². The van der Waals surface area contributed by atoms with Crippen molar-refractivity contribution < 1.29 is 4.39 Å².